The Labute approximate surface area is 154 Å². The largest absolute Gasteiger partial charge is 0.347 e. The van der Waals surface area contributed by atoms with Crippen molar-refractivity contribution in [1.82, 2.24) is 4.57 Å². The van der Waals surface area contributed by atoms with E-state index in [0.29, 0.717) is 12.1 Å². The zero-order chi connectivity index (χ0) is 19.0. The molecule has 0 aliphatic carbocycles. The summed E-state index contributed by atoms with van der Waals surface area (Å²) in [6, 6.07) is 13.5. The number of ketones is 1. The Balaban J connectivity index is 2.05. The molecule has 2 aromatic carbocycles. The Bertz CT molecular complexity index is 1010. The molecule has 26 heavy (non-hydrogen) atoms. The van der Waals surface area contributed by atoms with Crippen molar-refractivity contribution in [2.45, 2.75) is 27.7 Å². The van der Waals surface area contributed by atoms with Gasteiger partial charge in [0.2, 0.25) is 0 Å². The van der Waals surface area contributed by atoms with Crippen molar-refractivity contribution in [3.8, 4) is 0 Å². The van der Waals surface area contributed by atoms with Crippen LogP contribution in [0.1, 0.15) is 34.1 Å². The molecule has 0 saturated carbocycles. The fourth-order valence-electron chi connectivity index (χ4n) is 3.37. The van der Waals surface area contributed by atoms with Gasteiger partial charge >= 0.3 is 0 Å². The van der Waals surface area contributed by atoms with Gasteiger partial charge in [-0.2, -0.15) is 0 Å². The van der Waals surface area contributed by atoms with Crippen LogP contribution in [0.5, 0.6) is 0 Å². The number of anilines is 1. The third kappa shape index (κ3) is 2.81. The van der Waals surface area contributed by atoms with Gasteiger partial charge in [-0.15, -0.1) is 0 Å². The van der Waals surface area contributed by atoms with E-state index in [4.69, 9.17) is 0 Å². The summed E-state index contributed by atoms with van der Waals surface area (Å²) in [7, 11) is 1.92. The quantitative estimate of drug-likeness (QED) is 0.520. The molecule has 4 heteroatoms. The molecule has 1 amide bonds. The van der Waals surface area contributed by atoms with E-state index in [1.165, 1.54) is 0 Å². The average molecular weight is 348 g/mol. The number of carbonyl (C=O) groups is 2. The summed E-state index contributed by atoms with van der Waals surface area (Å²) in [5, 5.41) is 0.821. The SMILES string of the molecule is CCN(C(=O)C(=O)c1c(C)n(C)c2ccccc12)c1ccc(C)c(C)c1. The van der Waals surface area contributed by atoms with E-state index in [9.17, 15) is 9.59 Å². The second-order valence-electron chi connectivity index (χ2n) is 6.68. The first-order chi connectivity index (χ1) is 12.4. The highest BCUT2D eigenvalue weighted by Gasteiger charge is 2.28. The van der Waals surface area contributed by atoms with Crippen LogP contribution in [0.3, 0.4) is 0 Å². The Morgan fingerprint density at radius 3 is 2.35 bits per heavy atom. The van der Waals surface area contributed by atoms with Crippen LogP contribution in [-0.2, 0) is 11.8 Å². The van der Waals surface area contributed by atoms with Crippen LogP contribution in [-0.4, -0.2) is 22.8 Å². The van der Waals surface area contributed by atoms with Crippen molar-refractivity contribution in [3.05, 3.63) is 64.8 Å². The zero-order valence-electron chi connectivity index (χ0n) is 16.0. The van der Waals surface area contributed by atoms with E-state index in [1.807, 2.05) is 81.8 Å². The van der Waals surface area contributed by atoms with E-state index in [2.05, 4.69) is 0 Å². The topological polar surface area (TPSA) is 42.3 Å². The van der Waals surface area contributed by atoms with Gasteiger partial charge in [0.1, 0.15) is 0 Å². The highest BCUT2D eigenvalue weighted by atomic mass is 16.2. The Kier molecular flexibility index (Phi) is 4.68. The number of benzene rings is 2. The summed E-state index contributed by atoms with van der Waals surface area (Å²) >= 11 is 0. The van der Waals surface area contributed by atoms with Crippen molar-refractivity contribution in [1.29, 1.82) is 0 Å². The van der Waals surface area contributed by atoms with Gasteiger partial charge in [-0.25, -0.2) is 0 Å². The number of hydrogen-bond donors (Lipinski definition) is 0. The first-order valence-corrected chi connectivity index (χ1v) is 8.84. The maximum Gasteiger partial charge on any atom is 0.299 e. The lowest BCUT2D eigenvalue weighted by Gasteiger charge is -2.21. The van der Waals surface area contributed by atoms with E-state index >= 15 is 0 Å². The molecule has 1 aromatic heterocycles. The Hall–Kier alpha value is -2.88. The molecule has 0 aliphatic heterocycles. The fourth-order valence-corrected chi connectivity index (χ4v) is 3.37. The molecule has 0 spiro atoms. The number of likely N-dealkylation sites (N-methyl/N-ethyl adjacent to an activating group) is 1. The lowest BCUT2D eigenvalue weighted by atomic mass is 10.0. The molecule has 3 rings (SSSR count). The Morgan fingerprint density at radius 1 is 1.00 bits per heavy atom. The fraction of sp³-hybridized carbons (Fsp3) is 0.273. The predicted octanol–water partition coefficient (Wildman–Crippen LogP) is 4.34. The van der Waals surface area contributed by atoms with E-state index < -0.39 is 11.7 Å². The third-order valence-electron chi connectivity index (χ3n) is 5.18. The molecule has 0 saturated heterocycles. The molecule has 0 bridgehead atoms. The number of hydrogen-bond acceptors (Lipinski definition) is 2. The molecule has 0 N–H and O–H groups in total. The van der Waals surface area contributed by atoms with Crippen LogP contribution in [0.15, 0.2) is 42.5 Å². The molecule has 0 fully saturated rings. The second kappa shape index (κ2) is 6.79. The number of aryl methyl sites for hydroxylation is 3. The van der Waals surface area contributed by atoms with E-state index in [1.54, 1.807) is 4.90 Å². The van der Waals surface area contributed by atoms with E-state index in [0.717, 1.165) is 33.4 Å². The summed E-state index contributed by atoms with van der Waals surface area (Å²) in [4.78, 5) is 27.7. The number of para-hydroxylation sites is 1. The van der Waals surface area contributed by atoms with Crippen molar-refractivity contribution in [2.24, 2.45) is 7.05 Å². The minimum absolute atomic E-state index is 0.441. The molecule has 134 valence electrons. The van der Waals surface area contributed by atoms with Crippen molar-refractivity contribution >= 4 is 28.3 Å². The van der Waals surface area contributed by atoms with Crippen LogP contribution in [0, 0.1) is 20.8 Å². The van der Waals surface area contributed by atoms with Crippen LogP contribution >= 0.6 is 0 Å². The van der Waals surface area contributed by atoms with Gasteiger partial charge in [0.15, 0.2) is 0 Å². The van der Waals surface area contributed by atoms with Crippen molar-refractivity contribution in [2.75, 3.05) is 11.4 Å². The highest BCUT2D eigenvalue weighted by molar-refractivity contribution is 6.49. The molecule has 4 nitrogen and oxygen atoms in total. The van der Waals surface area contributed by atoms with Crippen LogP contribution < -0.4 is 4.90 Å². The molecule has 3 aromatic rings. The molecule has 0 radical (unpaired) electrons. The highest BCUT2D eigenvalue weighted by Crippen LogP contribution is 2.27. The summed E-state index contributed by atoms with van der Waals surface area (Å²) in [6.45, 7) is 8.25. The molecule has 0 aliphatic rings. The average Bonchev–Trinajstić information content (AvgIpc) is 2.89. The minimum atomic E-state index is -0.491. The maximum absolute atomic E-state index is 13.1. The summed E-state index contributed by atoms with van der Waals surface area (Å²) < 4.78 is 1.96. The molecular weight excluding hydrogens is 324 g/mol. The van der Waals surface area contributed by atoms with Crippen molar-refractivity contribution < 1.29 is 9.59 Å². The number of carbonyl (C=O) groups excluding carboxylic acids is 2. The van der Waals surface area contributed by atoms with Gasteiger partial charge in [-0.05, 0) is 57.0 Å². The van der Waals surface area contributed by atoms with Gasteiger partial charge in [-0.1, -0.05) is 24.3 Å². The number of aromatic nitrogens is 1. The maximum atomic E-state index is 13.1. The molecular formula is C22H24N2O2. The monoisotopic (exact) mass is 348 g/mol. The molecule has 0 atom stereocenters. The summed E-state index contributed by atoms with van der Waals surface area (Å²) in [5.41, 5.74) is 5.27. The Morgan fingerprint density at radius 2 is 1.69 bits per heavy atom. The number of Topliss-reactive ketones (excluding diaryl/α,β-unsaturated/α-hetero) is 1. The van der Waals surface area contributed by atoms with Gasteiger partial charge in [0.05, 0.1) is 5.56 Å². The van der Waals surface area contributed by atoms with Crippen LogP contribution in [0.2, 0.25) is 0 Å². The second-order valence-corrected chi connectivity index (χ2v) is 6.68. The predicted molar refractivity (Wildman–Crippen MR) is 106 cm³/mol. The number of rotatable bonds is 4. The summed E-state index contributed by atoms with van der Waals surface area (Å²) in [6.07, 6.45) is 0. The minimum Gasteiger partial charge on any atom is -0.347 e. The first-order valence-electron chi connectivity index (χ1n) is 8.84. The zero-order valence-corrected chi connectivity index (χ0v) is 16.0. The van der Waals surface area contributed by atoms with Gasteiger partial charge in [0, 0.05) is 35.9 Å². The number of fused-ring (bicyclic) bond motifs is 1. The standard InChI is InChI=1S/C22H24N2O2/c1-6-24(17-12-11-14(2)15(3)13-17)22(26)21(25)20-16(4)23(5)19-10-8-7-9-18(19)20/h7-13H,6H2,1-5H3. The lowest BCUT2D eigenvalue weighted by Crippen LogP contribution is -2.36. The number of amides is 1. The van der Waals surface area contributed by atoms with Crippen molar-refractivity contribution in [3.63, 3.8) is 0 Å². The third-order valence-corrected chi connectivity index (χ3v) is 5.18. The van der Waals surface area contributed by atoms with Gasteiger partial charge in [0.25, 0.3) is 11.7 Å². The van der Waals surface area contributed by atoms with Crippen LogP contribution in [0.25, 0.3) is 10.9 Å². The lowest BCUT2D eigenvalue weighted by molar-refractivity contribution is -0.114. The smallest absolute Gasteiger partial charge is 0.299 e. The van der Waals surface area contributed by atoms with Crippen LogP contribution in [0.4, 0.5) is 5.69 Å². The molecule has 0 unspecified atom stereocenters. The first kappa shape index (κ1) is 17.9. The number of nitrogens with zero attached hydrogens (tertiary/aromatic N) is 2. The summed E-state index contributed by atoms with van der Waals surface area (Å²) in [5.74, 6) is -0.949. The van der Waals surface area contributed by atoms with Gasteiger partial charge in [-0.3, -0.25) is 9.59 Å². The molecule has 1 heterocycles. The van der Waals surface area contributed by atoms with Gasteiger partial charge < -0.3 is 9.47 Å². The normalized spacial score (nSPS) is 11.0. The van der Waals surface area contributed by atoms with E-state index in [-0.39, 0.29) is 0 Å².